The van der Waals surface area contributed by atoms with Crippen LogP contribution in [-0.2, 0) is 38.8 Å². The SMILES string of the molecule is C=C(NCc1c(N2C=CCC2)sc2c1CCN(CC)C2)Nc1sc2c(c1CCCCCCCCN)CCCC2. The van der Waals surface area contributed by atoms with Gasteiger partial charge in [0.2, 0.25) is 0 Å². The average Bonchev–Trinajstić information content (AvgIpc) is 3.68. The predicted molar refractivity (Wildman–Crippen MR) is 171 cm³/mol. The molecule has 39 heavy (non-hydrogen) atoms. The Morgan fingerprint density at radius 3 is 2.54 bits per heavy atom. The normalized spacial score (nSPS) is 16.9. The molecule has 0 saturated heterocycles. The number of nitrogens with zero attached hydrogens (tertiary/aromatic N) is 2. The van der Waals surface area contributed by atoms with Gasteiger partial charge in [-0.25, -0.2) is 0 Å². The molecule has 214 valence electrons. The molecule has 2 aliphatic heterocycles. The Morgan fingerprint density at radius 1 is 0.949 bits per heavy atom. The Morgan fingerprint density at radius 2 is 1.74 bits per heavy atom. The van der Waals surface area contributed by atoms with E-state index < -0.39 is 0 Å². The molecule has 0 amide bonds. The van der Waals surface area contributed by atoms with E-state index in [0.717, 1.165) is 51.4 Å². The summed E-state index contributed by atoms with van der Waals surface area (Å²) in [4.78, 5) is 8.21. The van der Waals surface area contributed by atoms with E-state index in [1.807, 2.05) is 22.7 Å². The van der Waals surface area contributed by atoms with E-state index in [0.29, 0.717) is 0 Å². The quantitative estimate of drug-likeness (QED) is 0.197. The third-order valence-corrected chi connectivity index (χ3v) is 11.2. The molecule has 0 unspecified atom stereocenters. The van der Waals surface area contributed by atoms with E-state index >= 15 is 0 Å². The molecule has 4 heterocycles. The molecule has 0 fully saturated rings. The highest BCUT2D eigenvalue weighted by molar-refractivity contribution is 7.16. The van der Waals surface area contributed by atoms with Crippen LogP contribution in [0.5, 0.6) is 0 Å². The van der Waals surface area contributed by atoms with Crippen molar-refractivity contribution in [2.75, 3.05) is 36.4 Å². The smallest absolute Gasteiger partial charge is 0.100 e. The minimum atomic E-state index is 0.830. The fraction of sp³-hybridized carbons (Fsp3) is 0.625. The second kappa shape index (κ2) is 14.2. The molecular formula is C32H49N5S2. The molecule has 5 nitrogen and oxygen atoms in total. The fourth-order valence-corrected chi connectivity index (χ4v) is 9.16. The lowest BCUT2D eigenvalue weighted by atomic mass is 9.93. The molecule has 0 bridgehead atoms. The first-order valence-electron chi connectivity index (χ1n) is 15.5. The zero-order valence-corrected chi connectivity index (χ0v) is 25.7. The van der Waals surface area contributed by atoms with Gasteiger partial charge in [0.05, 0.1) is 10.8 Å². The molecule has 0 atom stereocenters. The number of nitrogens with two attached hydrogens (primary N) is 1. The summed E-state index contributed by atoms with van der Waals surface area (Å²) < 4.78 is 0. The Balaban J connectivity index is 1.23. The molecular weight excluding hydrogens is 519 g/mol. The highest BCUT2D eigenvalue weighted by Crippen LogP contribution is 2.41. The van der Waals surface area contributed by atoms with Gasteiger partial charge in [0.15, 0.2) is 0 Å². The van der Waals surface area contributed by atoms with Crippen LogP contribution in [0, 0.1) is 0 Å². The van der Waals surface area contributed by atoms with Crippen molar-refractivity contribution in [3.63, 3.8) is 0 Å². The molecule has 7 heteroatoms. The van der Waals surface area contributed by atoms with E-state index in [1.54, 1.807) is 26.4 Å². The maximum Gasteiger partial charge on any atom is 0.100 e. The third kappa shape index (κ3) is 7.10. The fourth-order valence-electron chi connectivity index (χ4n) is 6.38. The lowest BCUT2D eigenvalue weighted by Gasteiger charge is -2.26. The van der Waals surface area contributed by atoms with E-state index in [9.17, 15) is 0 Å². The van der Waals surface area contributed by atoms with Crippen molar-refractivity contribution in [3.05, 3.63) is 56.7 Å². The van der Waals surface area contributed by atoms with Gasteiger partial charge in [-0.2, -0.15) is 0 Å². The highest BCUT2D eigenvalue weighted by atomic mass is 32.1. The zero-order chi connectivity index (χ0) is 27.0. The number of aryl methyl sites for hydroxylation is 1. The number of unbranched alkanes of at least 4 members (excludes halogenated alkanes) is 5. The number of fused-ring (bicyclic) bond motifs is 2. The van der Waals surface area contributed by atoms with Gasteiger partial charge in [-0.1, -0.05) is 45.3 Å². The second-order valence-corrected chi connectivity index (χ2v) is 13.6. The van der Waals surface area contributed by atoms with E-state index in [-0.39, 0.29) is 0 Å². The van der Waals surface area contributed by atoms with Crippen LogP contribution < -0.4 is 21.3 Å². The van der Waals surface area contributed by atoms with E-state index in [2.05, 4.69) is 46.2 Å². The maximum absolute atomic E-state index is 5.66. The summed E-state index contributed by atoms with van der Waals surface area (Å²) >= 11 is 4.00. The topological polar surface area (TPSA) is 56.6 Å². The Labute approximate surface area is 244 Å². The van der Waals surface area contributed by atoms with Crippen molar-refractivity contribution in [1.29, 1.82) is 0 Å². The van der Waals surface area contributed by atoms with Crippen molar-refractivity contribution in [2.24, 2.45) is 5.73 Å². The number of hydrogen-bond donors (Lipinski definition) is 3. The maximum atomic E-state index is 5.66. The van der Waals surface area contributed by atoms with Crippen LogP contribution in [0.25, 0.3) is 0 Å². The summed E-state index contributed by atoms with van der Waals surface area (Å²) in [6, 6.07) is 0. The minimum absolute atomic E-state index is 0.830. The van der Waals surface area contributed by atoms with Gasteiger partial charge in [-0.05, 0) is 87.6 Å². The zero-order valence-electron chi connectivity index (χ0n) is 24.1. The number of nitrogens with one attached hydrogen (secondary N) is 2. The van der Waals surface area contributed by atoms with Crippen molar-refractivity contribution < 1.29 is 0 Å². The predicted octanol–water partition coefficient (Wildman–Crippen LogP) is 7.30. The van der Waals surface area contributed by atoms with Crippen molar-refractivity contribution in [1.82, 2.24) is 10.2 Å². The lowest BCUT2D eigenvalue weighted by Crippen LogP contribution is -2.30. The summed E-state index contributed by atoms with van der Waals surface area (Å²) in [6.07, 6.45) is 20.9. The van der Waals surface area contributed by atoms with Crippen LogP contribution in [0.3, 0.4) is 0 Å². The first-order chi connectivity index (χ1) is 19.2. The Kier molecular flexibility index (Phi) is 10.5. The first-order valence-corrected chi connectivity index (χ1v) is 17.1. The van der Waals surface area contributed by atoms with Crippen LogP contribution in [0.1, 0.15) is 96.7 Å². The van der Waals surface area contributed by atoms with Gasteiger partial charge in [0.25, 0.3) is 0 Å². The molecule has 4 N–H and O–H groups in total. The highest BCUT2D eigenvalue weighted by Gasteiger charge is 2.26. The molecule has 0 aromatic carbocycles. The van der Waals surface area contributed by atoms with E-state index in [4.69, 9.17) is 5.73 Å². The summed E-state index contributed by atoms with van der Waals surface area (Å²) in [5.74, 6) is 0.936. The number of likely N-dealkylation sites (N-methyl/N-ethyl adjacent to an activating group) is 1. The average molecular weight is 568 g/mol. The van der Waals surface area contributed by atoms with Gasteiger partial charge in [-0.3, -0.25) is 4.90 Å². The van der Waals surface area contributed by atoms with Crippen molar-refractivity contribution >= 4 is 32.7 Å². The van der Waals surface area contributed by atoms with Gasteiger partial charge in [-0.15, -0.1) is 22.7 Å². The van der Waals surface area contributed by atoms with Crippen molar-refractivity contribution in [3.8, 4) is 0 Å². The van der Waals surface area contributed by atoms with Crippen LogP contribution in [0.4, 0.5) is 10.0 Å². The van der Waals surface area contributed by atoms with Gasteiger partial charge in [0.1, 0.15) is 5.00 Å². The van der Waals surface area contributed by atoms with Crippen LogP contribution in [0.2, 0.25) is 0 Å². The molecule has 2 aromatic heterocycles. The van der Waals surface area contributed by atoms with Gasteiger partial charge in [0, 0.05) is 47.7 Å². The molecule has 2 aromatic rings. The second-order valence-electron chi connectivity index (χ2n) is 11.4. The van der Waals surface area contributed by atoms with Crippen LogP contribution in [-0.4, -0.2) is 31.1 Å². The minimum Gasteiger partial charge on any atom is -0.368 e. The number of anilines is 2. The number of hydrogen-bond acceptors (Lipinski definition) is 7. The molecule has 0 saturated carbocycles. The summed E-state index contributed by atoms with van der Waals surface area (Å²) in [5.41, 5.74) is 12.0. The van der Waals surface area contributed by atoms with Crippen LogP contribution >= 0.6 is 22.7 Å². The summed E-state index contributed by atoms with van der Waals surface area (Å²) in [6.45, 7) is 12.9. The monoisotopic (exact) mass is 567 g/mol. The molecule has 3 aliphatic rings. The van der Waals surface area contributed by atoms with Crippen LogP contribution in [0.15, 0.2) is 24.7 Å². The number of rotatable bonds is 15. The van der Waals surface area contributed by atoms with E-state index in [1.165, 1.54) is 92.7 Å². The first kappa shape index (κ1) is 28.7. The molecule has 0 radical (unpaired) electrons. The lowest BCUT2D eigenvalue weighted by molar-refractivity contribution is 0.271. The molecule has 5 rings (SSSR count). The van der Waals surface area contributed by atoms with Gasteiger partial charge < -0.3 is 21.3 Å². The summed E-state index contributed by atoms with van der Waals surface area (Å²) in [7, 11) is 0. The molecule has 0 spiro atoms. The van der Waals surface area contributed by atoms with Crippen molar-refractivity contribution in [2.45, 2.75) is 103 Å². The van der Waals surface area contributed by atoms with Gasteiger partial charge >= 0.3 is 0 Å². The molecule has 1 aliphatic carbocycles. The Bertz CT molecular complexity index is 1130. The standard InChI is InChI=1S/C32H49N5S2/c1-3-36-21-17-26-28(32(39-30(26)23-36)37-19-12-13-20-37)22-34-24(2)35-31-27(15-8-6-4-5-7-11-18-33)25-14-9-10-16-29(25)38-31/h12,19,34-35H,2-11,13-18,20-23,33H2,1H3. The summed E-state index contributed by atoms with van der Waals surface area (Å²) in [5, 5.41) is 10.2. The largest absolute Gasteiger partial charge is 0.368 e. The number of thiophene rings is 2. The Hall–Kier alpha value is -1.80. The third-order valence-electron chi connectivity index (χ3n) is 8.66.